The van der Waals surface area contributed by atoms with Crippen LogP contribution in [0.3, 0.4) is 0 Å². The van der Waals surface area contributed by atoms with E-state index in [1.165, 1.54) is 59.8 Å². The summed E-state index contributed by atoms with van der Waals surface area (Å²) < 4.78 is 6.56. The van der Waals surface area contributed by atoms with E-state index < -0.39 is 0 Å². The minimum Gasteiger partial charge on any atom is -0.455 e. The summed E-state index contributed by atoms with van der Waals surface area (Å²) in [6, 6.07) is 52.5. The lowest BCUT2D eigenvalue weighted by atomic mass is 9.83. The molecule has 0 bridgehead atoms. The van der Waals surface area contributed by atoms with Crippen LogP contribution in [0.25, 0.3) is 87.3 Å². The van der Waals surface area contributed by atoms with E-state index >= 15 is 0 Å². The molecule has 0 aliphatic rings. The van der Waals surface area contributed by atoms with Crippen molar-refractivity contribution >= 4 is 65.0 Å². The molecule has 41 heavy (non-hydrogen) atoms. The van der Waals surface area contributed by atoms with Crippen molar-refractivity contribution in [1.82, 2.24) is 0 Å². The molecule has 1 heterocycles. The highest BCUT2D eigenvalue weighted by molar-refractivity contribution is 6.27. The van der Waals surface area contributed by atoms with Gasteiger partial charge < -0.3 is 4.42 Å². The Balaban J connectivity index is 1.48. The number of rotatable bonds is 2. The normalized spacial score (nSPS) is 11.9. The largest absolute Gasteiger partial charge is 0.455 e. The van der Waals surface area contributed by atoms with Crippen LogP contribution in [-0.4, -0.2) is 0 Å². The lowest BCUT2D eigenvalue weighted by molar-refractivity contribution is 0.670. The van der Waals surface area contributed by atoms with Gasteiger partial charge >= 0.3 is 0 Å². The third kappa shape index (κ3) is 3.18. The second-order valence-electron chi connectivity index (χ2n) is 10.8. The van der Waals surface area contributed by atoms with E-state index in [0.717, 1.165) is 27.5 Å². The van der Waals surface area contributed by atoms with Crippen molar-refractivity contribution in [2.75, 3.05) is 0 Å². The Kier molecular flexibility index (Phi) is 4.67. The summed E-state index contributed by atoms with van der Waals surface area (Å²) in [4.78, 5) is 0. The zero-order valence-electron chi connectivity index (χ0n) is 22.3. The molecular formula is C40H24O. The van der Waals surface area contributed by atoms with Crippen molar-refractivity contribution in [2.45, 2.75) is 0 Å². The first-order chi connectivity index (χ1) is 20.4. The van der Waals surface area contributed by atoms with E-state index in [4.69, 9.17) is 4.42 Å². The zero-order valence-corrected chi connectivity index (χ0v) is 22.3. The van der Waals surface area contributed by atoms with Crippen LogP contribution >= 0.6 is 0 Å². The number of hydrogen-bond acceptors (Lipinski definition) is 1. The molecule has 0 amide bonds. The highest BCUT2D eigenvalue weighted by Gasteiger charge is 2.21. The van der Waals surface area contributed by atoms with Crippen LogP contribution in [0.2, 0.25) is 0 Å². The van der Waals surface area contributed by atoms with Crippen molar-refractivity contribution in [3.63, 3.8) is 0 Å². The van der Waals surface area contributed by atoms with Gasteiger partial charge in [0.05, 0.1) is 0 Å². The van der Waals surface area contributed by atoms with Crippen LogP contribution in [-0.2, 0) is 0 Å². The smallest absolute Gasteiger partial charge is 0.143 e. The monoisotopic (exact) mass is 520 g/mol. The third-order valence-electron chi connectivity index (χ3n) is 8.64. The van der Waals surface area contributed by atoms with Gasteiger partial charge in [-0.2, -0.15) is 0 Å². The van der Waals surface area contributed by atoms with E-state index in [2.05, 4.69) is 140 Å². The van der Waals surface area contributed by atoms with Gasteiger partial charge in [0, 0.05) is 21.9 Å². The quantitative estimate of drug-likeness (QED) is 0.163. The fourth-order valence-corrected chi connectivity index (χ4v) is 6.91. The van der Waals surface area contributed by atoms with Crippen molar-refractivity contribution in [1.29, 1.82) is 0 Å². The van der Waals surface area contributed by atoms with Gasteiger partial charge in [-0.1, -0.05) is 133 Å². The van der Waals surface area contributed by atoms with Gasteiger partial charge in [0.15, 0.2) is 0 Å². The molecule has 0 aliphatic heterocycles. The van der Waals surface area contributed by atoms with Gasteiger partial charge in [-0.05, 0) is 66.3 Å². The molecule has 0 atom stereocenters. The first-order valence-electron chi connectivity index (χ1n) is 14.1. The number of benzene rings is 8. The van der Waals surface area contributed by atoms with Crippen molar-refractivity contribution < 1.29 is 4.42 Å². The van der Waals surface area contributed by atoms with Crippen LogP contribution in [0.4, 0.5) is 0 Å². The third-order valence-corrected chi connectivity index (χ3v) is 8.64. The Hall–Kier alpha value is -5.40. The topological polar surface area (TPSA) is 13.1 Å². The van der Waals surface area contributed by atoms with Crippen LogP contribution in [0, 0.1) is 0 Å². The summed E-state index contributed by atoms with van der Waals surface area (Å²) in [5.74, 6) is 0. The number of furan rings is 1. The lowest BCUT2D eigenvalue weighted by Gasteiger charge is -2.19. The molecule has 1 aromatic heterocycles. The van der Waals surface area contributed by atoms with Crippen molar-refractivity contribution in [3.8, 4) is 22.3 Å². The molecular weight excluding hydrogens is 496 g/mol. The molecule has 1 nitrogen and oxygen atoms in total. The highest BCUT2D eigenvalue weighted by atomic mass is 16.3. The molecule has 0 spiro atoms. The Morgan fingerprint density at radius 1 is 0.317 bits per heavy atom. The Bertz CT molecular complexity index is 2420. The van der Waals surface area contributed by atoms with Crippen molar-refractivity contribution in [2.24, 2.45) is 0 Å². The molecule has 0 N–H and O–H groups in total. The van der Waals surface area contributed by atoms with Crippen LogP contribution in [0.1, 0.15) is 0 Å². The standard InChI is InChI=1S/C40H24O/c1-2-13-26-25(12-1)24-36(28-15-4-3-14-27(26)28)39-32-19-7-5-17-30(32)38(31-18-6-8-20-33(31)39)35-22-11-21-34-29-16-9-10-23-37(29)41-40(34)35/h1-24H. The summed E-state index contributed by atoms with van der Waals surface area (Å²) in [5.41, 5.74) is 6.74. The van der Waals surface area contributed by atoms with Gasteiger partial charge in [-0.25, -0.2) is 0 Å². The number of para-hydroxylation sites is 2. The molecule has 0 radical (unpaired) electrons. The predicted molar refractivity (Wildman–Crippen MR) is 175 cm³/mol. The minimum atomic E-state index is 0.919. The lowest BCUT2D eigenvalue weighted by Crippen LogP contribution is -1.92. The summed E-state index contributed by atoms with van der Waals surface area (Å²) in [5, 5.41) is 12.3. The SMILES string of the molecule is c1ccc2c(c1)cc(-c1c3ccccc3c(-c3cccc4c3oc3ccccc34)c3ccccc13)c1ccccc12. The Morgan fingerprint density at radius 3 is 1.49 bits per heavy atom. The molecule has 0 fully saturated rings. The Morgan fingerprint density at radius 2 is 0.805 bits per heavy atom. The van der Waals surface area contributed by atoms with Gasteiger partial charge in [0.25, 0.3) is 0 Å². The zero-order chi connectivity index (χ0) is 26.9. The van der Waals surface area contributed by atoms with E-state index in [-0.39, 0.29) is 0 Å². The van der Waals surface area contributed by atoms with E-state index in [9.17, 15) is 0 Å². The van der Waals surface area contributed by atoms with E-state index in [0.29, 0.717) is 0 Å². The summed E-state index contributed by atoms with van der Waals surface area (Å²) in [6.07, 6.45) is 0. The molecule has 9 rings (SSSR count). The summed E-state index contributed by atoms with van der Waals surface area (Å²) >= 11 is 0. The second-order valence-corrected chi connectivity index (χ2v) is 10.8. The maximum atomic E-state index is 6.56. The molecule has 1 heteroatoms. The van der Waals surface area contributed by atoms with Gasteiger partial charge in [0.1, 0.15) is 11.2 Å². The summed E-state index contributed by atoms with van der Waals surface area (Å²) in [6.45, 7) is 0. The molecule has 0 saturated carbocycles. The van der Waals surface area contributed by atoms with Gasteiger partial charge in [-0.3, -0.25) is 0 Å². The van der Waals surface area contributed by atoms with Crippen molar-refractivity contribution in [3.05, 3.63) is 146 Å². The average Bonchev–Trinajstić information content (AvgIpc) is 3.43. The van der Waals surface area contributed by atoms with E-state index in [1.807, 2.05) is 6.07 Å². The fourth-order valence-electron chi connectivity index (χ4n) is 6.91. The first-order valence-corrected chi connectivity index (χ1v) is 14.1. The van der Waals surface area contributed by atoms with Crippen LogP contribution in [0.5, 0.6) is 0 Å². The van der Waals surface area contributed by atoms with E-state index in [1.54, 1.807) is 0 Å². The first kappa shape index (κ1) is 22.4. The predicted octanol–water partition coefficient (Wildman–Crippen LogP) is 11.5. The van der Waals surface area contributed by atoms with Crippen LogP contribution in [0.15, 0.2) is 150 Å². The Labute approximate surface area is 236 Å². The number of fused-ring (bicyclic) bond motifs is 8. The molecule has 190 valence electrons. The maximum Gasteiger partial charge on any atom is 0.143 e. The fraction of sp³-hybridized carbons (Fsp3) is 0. The summed E-state index contributed by atoms with van der Waals surface area (Å²) in [7, 11) is 0. The highest BCUT2D eigenvalue weighted by Crippen LogP contribution is 2.48. The van der Waals surface area contributed by atoms with Gasteiger partial charge in [0.2, 0.25) is 0 Å². The second kappa shape index (κ2) is 8.55. The number of hydrogen-bond donors (Lipinski definition) is 0. The van der Waals surface area contributed by atoms with Gasteiger partial charge in [-0.15, -0.1) is 0 Å². The average molecular weight is 521 g/mol. The molecule has 0 unspecified atom stereocenters. The molecule has 8 aromatic carbocycles. The molecule has 9 aromatic rings. The minimum absolute atomic E-state index is 0.919. The molecule has 0 aliphatic carbocycles. The maximum absolute atomic E-state index is 6.56. The van der Waals surface area contributed by atoms with Crippen LogP contribution < -0.4 is 0 Å². The molecule has 0 saturated heterocycles.